The van der Waals surface area contributed by atoms with Gasteiger partial charge in [0.1, 0.15) is 29.6 Å². The van der Waals surface area contributed by atoms with Crippen LogP contribution >= 0.6 is 0 Å². The van der Waals surface area contributed by atoms with E-state index < -0.39 is 18.0 Å². The summed E-state index contributed by atoms with van der Waals surface area (Å²) in [5, 5.41) is 6.71. The van der Waals surface area contributed by atoms with Crippen LogP contribution in [0.3, 0.4) is 0 Å². The molecule has 2 amide bonds. The Morgan fingerprint density at radius 2 is 2.03 bits per heavy atom. The summed E-state index contributed by atoms with van der Waals surface area (Å²) in [6, 6.07) is 7.95. The normalized spacial score (nSPS) is 18.5. The predicted molar refractivity (Wildman–Crippen MR) is 139 cm³/mol. The molecule has 3 aromatic rings. The molecule has 4 heterocycles. The van der Waals surface area contributed by atoms with Gasteiger partial charge in [-0.15, -0.1) is 0 Å². The molecule has 0 saturated carbocycles. The summed E-state index contributed by atoms with van der Waals surface area (Å²) >= 11 is 0. The fourth-order valence-corrected chi connectivity index (χ4v) is 4.49. The fraction of sp³-hybridized carbons (Fsp3) is 0.333. The van der Waals surface area contributed by atoms with Crippen molar-refractivity contribution in [2.45, 2.75) is 45.4 Å². The van der Waals surface area contributed by atoms with Crippen molar-refractivity contribution < 1.29 is 28.3 Å². The molecule has 1 aromatic carbocycles. The van der Waals surface area contributed by atoms with Crippen molar-refractivity contribution in [3.63, 3.8) is 0 Å². The van der Waals surface area contributed by atoms with Gasteiger partial charge in [-0.25, -0.2) is 14.2 Å². The van der Waals surface area contributed by atoms with Crippen LogP contribution in [0.4, 0.5) is 14.9 Å². The summed E-state index contributed by atoms with van der Waals surface area (Å²) in [5.41, 5.74) is 2.44. The van der Waals surface area contributed by atoms with Crippen LogP contribution in [-0.2, 0) is 25.7 Å². The molecule has 0 aliphatic carbocycles. The number of halogens is 1. The Morgan fingerprint density at radius 3 is 2.72 bits per heavy atom. The lowest BCUT2D eigenvalue weighted by atomic mass is 10.0. The van der Waals surface area contributed by atoms with E-state index in [2.05, 4.69) is 20.4 Å². The van der Waals surface area contributed by atoms with Crippen LogP contribution in [0, 0.1) is 12.7 Å². The van der Waals surface area contributed by atoms with Crippen LogP contribution in [0.5, 0.6) is 0 Å². The third-order valence-electron chi connectivity index (χ3n) is 6.55. The van der Waals surface area contributed by atoms with Gasteiger partial charge in [0.05, 0.1) is 31.0 Å². The van der Waals surface area contributed by atoms with Crippen molar-refractivity contribution in [3.05, 3.63) is 66.3 Å². The lowest BCUT2D eigenvalue weighted by molar-refractivity contribution is -0.122. The topological polar surface area (TPSA) is 128 Å². The minimum Gasteiger partial charge on any atom is -0.442 e. The second-order valence-corrected chi connectivity index (χ2v) is 9.46. The molecular weight excluding hydrogens is 507 g/mol. The zero-order valence-electron chi connectivity index (χ0n) is 21.5. The maximum Gasteiger partial charge on any atom is 0.414 e. The highest BCUT2D eigenvalue weighted by molar-refractivity contribution is 6.00. The summed E-state index contributed by atoms with van der Waals surface area (Å²) in [6.45, 7) is 3.84. The first-order valence-corrected chi connectivity index (χ1v) is 12.5. The highest BCUT2D eigenvalue weighted by Crippen LogP contribution is 2.29. The maximum absolute atomic E-state index is 15.1. The van der Waals surface area contributed by atoms with Crippen LogP contribution in [0.2, 0.25) is 0 Å². The van der Waals surface area contributed by atoms with Gasteiger partial charge in [0, 0.05) is 49.5 Å². The van der Waals surface area contributed by atoms with Crippen molar-refractivity contribution >= 4 is 29.2 Å². The van der Waals surface area contributed by atoms with Gasteiger partial charge in [-0.1, -0.05) is 11.2 Å². The zero-order valence-corrected chi connectivity index (χ0v) is 21.5. The van der Waals surface area contributed by atoms with Gasteiger partial charge in [0.15, 0.2) is 5.78 Å². The lowest BCUT2D eigenvalue weighted by Gasteiger charge is -2.14. The number of carbonyl (C=O) groups is 3. The summed E-state index contributed by atoms with van der Waals surface area (Å²) in [5.74, 6) is 0.0474. The number of aromatic nitrogens is 3. The SMILES string of the molecule is CC(=O)NC[C@H]1CN(c2ccc(-c3ccc(C4=NOC(CC(=O)Cn5ccnc5C)C4)nc3)c(F)c2)C(=O)O1. The van der Waals surface area contributed by atoms with Crippen LogP contribution < -0.4 is 10.2 Å². The van der Waals surface area contributed by atoms with E-state index in [1.54, 1.807) is 47.4 Å². The van der Waals surface area contributed by atoms with Crippen molar-refractivity contribution in [2.75, 3.05) is 18.0 Å². The summed E-state index contributed by atoms with van der Waals surface area (Å²) in [7, 11) is 0. The number of carbonyl (C=O) groups excluding carboxylic acids is 3. The fourth-order valence-electron chi connectivity index (χ4n) is 4.49. The highest BCUT2D eigenvalue weighted by Gasteiger charge is 2.33. The standard InChI is InChI=1S/C27H27FN6O5/c1-16-29-7-8-33(16)14-20(36)10-21-11-26(32-39-21)25-6-3-18(12-31-25)23-5-4-19(9-24(23)28)34-15-22(38-27(34)37)13-30-17(2)35/h3-9,12,21-22H,10-11,13-15H2,1-2H3,(H,30,35)/t21?,22-/m0/s1. The Hall–Kier alpha value is -4.61. The monoisotopic (exact) mass is 534 g/mol. The lowest BCUT2D eigenvalue weighted by Crippen LogP contribution is -2.33. The summed E-state index contributed by atoms with van der Waals surface area (Å²) in [6.07, 6.45) is 4.15. The smallest absolute Gasteiger partial charge is 0.414 e. The first kappa shape index (κ1) is 26.0. The number of rotatable bonds is 9. The van der Waals surface area contributed by atoms with Crippen LogP contribution in [-0.4, -0.2) is 63.3 Å². The molecule has 1 N–H and O–H groups in total. The molecule has 39 heavy (non-hydrogen) atoms. The third kappa shape index (κ3) is 5.95. The molecule has 1 saturated heterocycles. The van der Waals surface area contributed by atoms with Gasteiger partial charge in [0.25, 0.3) is 0 Å². The number of ether oxygens (including phenoxy) is 1. The number of anilines is 1. The van der Waals surface area contributed by atoms with E-state index in [4.69, 9.17) is 9.57 Å². The Kier molecular flexibility index (Phi) is 7.35. The van der Waals surface area contributed by atoms with Crippen molar-refractivity contribution in [3.8, 4) is 11.1 Å². The minimum absolute atomic E-state index is 0.0187. The second-order valence-electron chi connectivity index (χ2n) is 9.46. The van der Waals surface area contributed by atoms with Gasteiger partial charge >= 0.3 is 6.09 Å². The second kappa shape index (κ2) is 11.0. The molecule has 2 aliphatic rings. The minimum atomic E-state index is -0.597. The Morgan fingerprint density at radius 1 is 1.18 bits per heavy atom. The first-order valence-electron chi connectivity index (χ1n) is 12.5. The molecule has 0 spiro atoms. The number of pyridine rings is 1. The number of imidazole rings is 1. The molecular formula is C27H27FN6O5. The third-order valence-corrected chi connectivity index (χ3v) is 6.55. The number of nitrogens with zero attached hydrogens (tertiary/aromatic N) is 5. The number of hydrogen-bond donors (Lipinski definition) is 1. The summed E-state index contributed by atoms with van der Waals surface area (Å²) < 4.78 is 22.1. The van der Waals surface area contributed by atoms with Crippen LogP contribution in [0.15, 0.2) is 54.1 Å². The highest BCUT2D eigenvalue weighted by atomic mass is 19.1. The van der Waals surface area contributed by atoms with Crippen LogP contribution in [0.1, 0.15) is 31.3 Å². The molecule has 202 valence electrons. The van der Waals surface area contributed by atoms with Gasteiger partial charge < -0.3 is 19.5 Å². The Labute approximate surface area is 223 Å². The average Bonchev–Trinajstić information content (AvgIpc) is 3.63. The molecule has 2 aliphatic heterocycles. The molecule has 1 unspecified atom stereocenters. The van der Waals surface area contributed by atoms with Crippen LogP contribution in [0.25, 0.3) is 11.1 Å². The van der Waals surface area contributed by atoms with Gasteiger partial charge in [-0.2, -0.15) is 0 Å². The molecule has 2 aromatic heterocycles. The number of amides is 2. The number of hydrogen-bond acceptors (Lipinski definition) is 8. The number of aryl methyl sites for hydroxylation is 1. The van der Waals surface area contributed by atoms with E-state index in [0.29, 0.717) is 34.6 Å². The van der Waals surface area contributed by atoms with E-state index in [1.807, 2.05) is 6.92 Å². The zero-order chi connectivity index (χ0) is 27.5. The Balaban J connectivity index is 1.19. The molecule has 0 bridgehead atoms. The first-order chi connectivity index (χ1) is 18.8. The van der Waals surface area contributed by atoms with E-state index in [9.17, 15) is 14.4 Å². The van der Waals surface area contributed by atoms with E-state index in [1.165, 1.54) is 17.9 Å². The number of oxime groups is 1. The molecule has 0 radical (unpaired) electrons. The number of ketones is 1. The van der Waals surface area contributed by atoms with Crippen molar-refractivity contribution in [2.24, 2.45) is 5.16 Å². The van der Waals surface area contributed by atoms with Gasteiger partial charge in [0.2, 0.25) is 5.91 Å². The van der Waals surface area contributed by atoms with E-state index in [-0.39, 0.29) is 43.8 Å². The van der Waals surface area contributed by atoms with Gasteiger partial charge in [-0.3, -0.25) is 19.5 Å². The number of Topliss-reactive ketones (excluding diaryl/α,β-unsaturated/α-hetero) is 1. The van der Waals surface area contributed by atoms with Crippen molar-refractivity contribution in [1.29, 1.82) is 0 Å². The maximum atomic E-state index is 15.1. The predicted octanol–water partition coefficient (Wildman–Crippen LogP) is 3.01. The number of benzene rings is 1. The summed E-state index contributed by atoms with van der Waals surface area (Å²) in [4.78, 5) is 51.1. The largest absolute Gasteiger partial charge is 0.442 e. The van der Waals surface area contributed by atoms with E-state index in [0.717, 1.165) is 5.82 Å². The molecule has 1 fully saturated rings. The van der Waals surface area contributed by atoms with Gasteiger partial charge in [-0.05, 0) is 31.2 Å². The molecule has 12 heteroatoms. The quantitative estimate of drug-likeness (QED) is 0.447. The molecule has 5 rings (SSSR count). The molecule has 11 nitrogen and oxygen atoms in total. The van der Waals surface area contributed by atoms with E-state index >= 15 is 4.39 Å². The number of cyclic esters (lactones) is 1. The molecule has 2 atom stereocenters. The number of nitrogens with one attached hydrogen (secondary N) is 1. The Bertz CT molecular complexity index is 1440. The average molecular weight is 535 g/mol. The van der Waals surface area contributed by atoms with Crippen molar-refractivity contribution in [1.82, 2.24) is 19.9 Å².